The molecule has 6 nitrogen and oxygen atoms in total. The Morgan fingerprint density at radius 1 is 1.24 bits per heavy atom. The van der Waals surface area contributed by atoms with Crippen LogP contribution in [0.3, 0.4) is 0 Å². The second-order valence-electron chi connectivity index (χ2n) is 5.78. The number of nitrogens with one attached hydrogen (secondary N) is 1. The number of hydrogen-bond acceptors (Lipinski definition) is 5. The Kier molecular flexibility index (Phi) is 4.55. The predicted octanol–water partition coefficient (Wildman–Crippen LogP) is 2.04. The molecular weight excluding hydrogens is 264 g/mol. The Morgan fingerprint density at radius 2 is 2.10 bits per heavy atom. The van der Waals surface area contributed by atoms with Gasteiger partial charge in [0.25, 0.3) is 0 Å². The lowest BCUT2D eigenvalue weighted by atomic mass is 9.89. The Bertz CT molecular complexity index is 573. The van der Waals surface area contributed by atoms with Crippen LogP contribution in [-0.4, -0.2) is 31.7 Å². The summed E-state index contributed by atoms with van der Waals surface area (Å²) in [5.41, 5.74) is 0.962. The van der Waals surface area contributed by atoms with E-state index >= 15 is 0 Å². The molecule has 2 heterocycles. The molecule has 112 valence electrons. The number of pyridine rings is 1. The topological polar surface area (TPSA) is 68.5 Å². The molecule has 0 atom stereocenters. The van der Waals surface area contributed by atoms with Gasteiger partial charge in [-0.15, -0.1) is 5.10 Å². The number of tetrazole rings is 1. The molecule has 0 aliphatic heterocycles. The number of rotatable bonds is 5. The molecule has 0 aromatic carbocycles. The van der Waals surface area contributed by atoms with E-state index in [1.54, 1.807) is 4.68 Å². The highest BCUT2D eigenvalue weighted by Crippen LogP contribution is 2.22. The normalized spacial score (nSPS) is 16.2. The smallest absolute Gasteiger partial charge is 0.172 e. The fourth-order valence-corrected chi connectivity index (χ4v) is 2.92. The molecule has 21 heavy (non-hydrogen) atoms. The van der Waals surface area contributed by atoms with Crippen molar-refractivity contribution in [3.63, 3.8) is 0 Å². The third-order valence-electron chi connectivity index (χ3n) is 4.07. The van der Waals surface area contributed by atoms with E-state index in [-0.39, 0.29) is 0 Å². The van der Waals surface area contributed by atoms with Crippen LogP contribution in [0.5, 0.6) is 0 Å². The highest BCUT2D eigenvalue weighted by atomic mass is 15.6. The highest BCUT2D eigenvalue weighted by molar-refractivity contribution is 5.23. The van der Waals surface area contributed by atoms with Crippen molar-refractivity contribution in [1.82, 2.24) is 30.5 Å². The van der Waals surface area contributed by atoms with Crippen molar-refractivity contribution >= 4 is 0 Å². The third-order valence-corrected chi connectivity index (χ3v) is 4.07. The van der Waals surface area contributed by atoms with Crippen molar-refractivity contribution in [3.05, 3.63) is 29.7 Å². The minimum absolute atomic E-state index is 0.680. The number of aryl methyl sites for hydroxylation is 1. The first-order valence-corrected chi connectivity index (χ1v) is 7.75. The van der Waals surface area contributed by atoms with E-state index in [2.05, 4.69) is 25.8 Å². The van der Waals surface area contributed by atoms with Gasteiger partial charge in [-0.1, -0.05) is 25.3 Å². The first-order valence-electron chi connectivity index (χ1n) is 7.75. The molecule has 0 unspecified atom stereocenters. The van der Waals surface area contributed by atoms with E-state index in [4.69, 9.17) is 0 Å². The minimum atomic E-state index is 0.680. The summed E-state index contributed by atoms with van der Waals surface area (Å²) in [4.78, 5) is 4.47. The van der Waals surface area contributed by atoms with Gasteiger partial charge in [-0.25, -0.2) is 4.98 Å². The summed E-state index contributed by atoms with van der Waals surface area (Å²) >= 11 is 0. The monoisotopic (exact) mass is 286 g/mol. The molecule has 0 radical (unpaired) electrons. The van der Waals surface area contributed by atoms with E-state index in [1.165, 1.54) is 32.1 Å². The first-order chi connectivity index (χ1) is 10.3. The second-order valence-corrected chi connectivity index (χ2v) is 5.78. The molecule has 1 aliphatic carbocycles. The lowest BCUT2D eigenvalue weighted by Gasteiger charge is -2.21. The Balaban J connectivity index is 1.60. The average Bonchev–Trinajstić information content (AvgIpc) is 2.97. The highest BCUT2D eigenvalue weighted by Gasteiger charge is 2.14. The number of aromatic nitrogens is 5. The van der Waals surface area contributed by atoms with Gasteiger partial charge in [0.15, 0.2) is 11.6 Å². The van der Waals surface area contributed by atoms with Crippen LogP contribution >= 0.6 is 0 Å². The lowest BCUT2D eigenvalue weighted by Crippen LogP contribution is -2.25. The van der Waals surface area contributed by atoms with Crippen molar-refractivity contribution in [3.8, 4) is 5.82 Å². The van der Waals surface area contributed by atoms with Crippen molar-refractivity contribution in [2.75, 3.05) is 6.54 Å². The molecular formula is C15H22N6. The van der Waals surface area contributed by atoms with Gasteiger partial charge in [-0.2, -0.15) is 4.68 Å². The molecule has 0 bridgehead atoms. The fraction of sp³-hybridized carbons (Fsp3) is 0.600. The molecule has 6 heteroatoms. The van der Waals surface area contributed by atoms with Crippen LogP contribution in [0.15, 0.2) is 18.2 Å². The van der Waals surface area contributed by atoms with Crippen molar-refractivity contribution < 1.29 is 0 Å². The molecule has 0 saturated heterocycles. The van der Waals surface area contributed by atoms with E-state index in [0.29, 0.717) is 6.54 Å². The summed E-state index contributed by atoms with van der Waals surface area (Å²) in [6.45, 7) is 3.70. The number of hydrogen-bond donors (Lipinski definition) is 1. The zero-order chi connectivity index (χ0) is 14.5. The van der Waals surface area contributed by atoms with Crippen LogP contribution in [0, 0.1) is 12.8 Å². The van der Waals surface area contributed by atoms with Gasteiger partial charge in [0.05, 0.1) is 6.54 Å². The summed E-state index contributed by atoms with van der Waals surface area (Å²) in [7, 11) is 0. The van der Waals surface area contributed by atoms with Crippen molar-refractivity contribution in [1.29, 1.82) is 0 Å². The van der Waals surface area contributed by atoms with Gasteiger partial charge >= 0.3 is 0 Å². The molecule has 0 spiro atoms. The van der Waals surface area contributed by atoms with Gasteiger partial charge in [0.2, 0.25) is 0 Å². The molecule has 1 aliphatic rings. The van der Waals surface area contributed by atoms with Crippen LogP contribution in [-0.2, 0) is 6.54 Å². The number of nitrogens with zero attached hydrogens (tertiary/aromatic N) is 5. The quantitative estimate of drug-likeness (QED) is 0.911. The van der Waals surface area contributed by atoms with E-state index < -0.39 is 0 Å². The van der Waals surface area contributed by atoms with Gasteiger partial charge in [0, 0.05) is 5.69 Å². The SMILES string of the molecule is Cc1cccc(-n2nnnc2CNCC2CCCCC2)n1. The molecule has 1 fully saturated rings. The maximum Gasteiger partial charge on any atom is 0.172 e. The second kappa shape index (κ2) is 6.76. The van der Waals surface area contributed by atoms with Gasteiger partial charge in [-0.3, -0.25) is 0 Å². The van der Waals surface area contributed by atoms with Crippen LogP contribution in [0.4, 0.5) is 0 Å². The Morgan fingerprint density at radius 3 is 2.90 bits per heavy atom. The largest absolute Gasteiger partial charge is 0.309 e. The zero-order valence-electron chi connectivity index (χ0n) is 12.5. The van der Waals surface area contributed by atoms with Crippen LogP contribution in [0.25, 0.3) is 5.82 Å². The summed E-state index contributed by atoms with van der Waals surface area (Å²) < 4.78 is 1.71. The van der Waals surface area contributed by atoms with Crippen LogP contribution in [0.1, 0.15) is 43.6 Å². The van der Waals surface area contributed by atoms with Gasteiger partial charge in [0.1, 0.15) is 0 Å². The Hall–Kier alpha value is -1.82. The summed E-state index contributed by atoms with van der Waals surface area (Å²) in [6, 6.07) is 5.86. The molecule has 1 N–H and O–H groups in total. The molecule has 2 aromatic heterocycles. The van der Waals surface area contributed by atoms with E-state index in [1.807, 2.05) is 25.1 Å². The summed E-state index contributed by atoms with van der Waals surface area (Å²) in [5.74, 6) is 2.39. The van der Waals surface area contributed by atoms with Crippen molar-refractivity contribution in [2.24, 2.45) is 5.92 Å². The fourth-order valence-electron chi connectivity index (χ4n) is 2.92. The van der Waals surface area contributed by atoms with Gasteiger partial charge in [-0.05, 0) is 54.8 Å². The third kappa shape index (κ3) is 3.64. The lowest BCUT2D eigenvalue weighted by molar-refractivity contribution is 0.340. The maximum absolute atomic E-state index is 4.47. The molecule has 2 aromatic rings. The zero-order valence-corrected chi connectivity index (χ0v) is 12.5. The van der Waals surface area contributed by atoms with E-state index in [0.717, 1.165) is 29.8 Å². The molecule has 1 saturated carbocycles. The maximum atomic E-state index is 4.47. The van der Waals surface area contributed by atoms with Crippen molar-refractivity contribution in [2.45, 2.75) is 45.6 Å². The van der Waals surface area contributed by atoms with E-state index in [9.17, 15) is 0 Å². The van der Waals surface area contributed by atoms with Crippen LogP contribution < -0.4 is 5.32 Å². The first kappa shape index (κ1) is 14.1. The summed E-state index contributed by atoms with van der Waals surface area (Å²) in [5, 5.41) is 15.4. The van der Waals surface area contributed by atoms with Crippen LogP contribution in [0.2, 0.25) is 0 Å². The standard InChI is InChI=1S/C15H22N6/c1-12-6-5-9-14(17-12)21-15(18-19-20-21)11-16-10-13-7-3-2-4-8-13/h5-6,9,13,16H,2-4,7-8,10-11H2,1H3. The summed E-state index contributed by atoms with van der Waals surface area (Å²) in [6.07, 6.45) is 6.83. The average molecular weight is 286 g/mol. The van der Waals surface area contributed by atoms with Gasteiger partial charge < -0.3 is 5.32 Å². The Labute approximate surface area is 125 Å². The molecule has 3 rings (SSSR count). The minimum Gasteiger partial charge on any atom is -0.309 e. The predicted molar refractivity (Wildman–Crippen MR) is 80.0 cm³/mol. The molecule has 0 amide bonds.